The highest BCUT2D eigenvalue weighted by Crippen LogP contribution is 2.62. The van der Waals surface area contributed by atoms with Crippen LogP contribution in [0.25, 0.3) is 0 Å². The Kier molecular flexibility index (Phi) is 2.48. The van der Waals surface area contributed by atoms with Crippen molar-refractivity contribution in [3.63, 3.8) is 0 Å². The van der Waals surface area contributed by atoms with Crippen LogP contribution in [0.15, 0.2) is 0 Å². The van der Waals surface area contributed by atoms with Crippen molar-refractivity contribution in [2.24, 2.45) is 34.5 Å². The number of hydrogen-bond donors (Lipinski definition) is 0. The van der Waals surface area contributed by atoms with Crippen LogP contribution in [0.5, 0.6) is 0 Å². The maximum atomic E-state index is 2.51. The molecule has 2 fully saturated rings. The molecule has 0 aliphatic heterocycles. The topological polar surface area (TPSA) is 0 Å². The van der Waals surface area contributed by atoms with E-state index in [1.807, 2.05) is 0 Å². The van der Waals surface area contributed by atoms with Crippen molar-refractivity contribution in [1.82, 2.24) is 0 Å². The minimum Gasteiger partial charge on any atom is -0.0625 e. The predicted molar refractivity (Wildman–Crippen MR) is 66.7 cm³/mol. The fraction of sp³-hybridized carbons (Fsp3) is 1.00. The highest BCUT2D eigenvalue weighted by molar-refractivity contribution is 5.03. The summed E-state index contributed by atoms with van der Waals surface area (Å²) >= 11 is 0. The first-order valence-electron chi connectivity index (χ1n) is 6.72. The third-order valence-corrected chi connectivity index (χ3v) is 5.23. The van der Waals surface area contributed by atoms with Crippen molar-refractivity contribution < 1.29 is 0 Å². The largest absolute Gasteiger partial charge is 0.0625 e. The van der Waals surface area contributed by atoms with Gasteiger partial charge in [0.25, 0.3) is 0 Å². The summed E-state index contributed by atoms with van der Waals surface area (Å²) in [6, 6.07) is 0. The molecule has 0 nitrogen and oxygen atoms in total. The van der Waals surface area contributed by atoms with Crippen LogP contribution in [0.4, 0.5) is 0 Å². The minimum atomic E-state index is 0.515. The second-order valence-electron chi connectivity index (χ2n) is 8.01. The second-order valence-corrected chi connectivity index (χ2v) is 8.01. The zero-order chi connectivity index (χ0) is 11.4. The Bertz CT molecular complexity index is 243. The van der Waals surface area contributed by atoms with Gasteiger partial charge in [0.15, 0.2) is 0 Å². The summed E-state index contributed by atoms with van der Waals surface area (Å²) in [5.41, 5.74) is 1.12. The average molecular weight is 208 g/mol. The van der Waals surface area contributed by atoms with Gasteiger partial charge in [0.1, 0.15) is 0 Å². The van der Waals surface area contributed by atoms with Crippen molar-refractivity contribution in [2.75, 3.05) is 0 Å². The Morgan fingerprint density at radius 3 is 2.20 bits per heavy atom. The van der Waals surface area contributed by atoms with Crippen molar-refractivity contribution in [1.29, 1.82) is 0 Å². The summed E-state index contributed by atoms with van der Waals surface area (Å²) in [7, 11) is 0. The smallest absolute Gasteiger partial charge is 0.0320 e. The number of fused-ring (bicyclic) bond motifs is 1. The molecule has 15 heavy (non-hydrogen) atoms. The molecule has 0 spiro atoms. The van der Waals surface area contributed by atoms with Crippen LogP contribution in [0.1, 0.15) is 60.8 Å². The van der Waals surface area contributed by atoms with Crippen LogP contribution in [-0.4, -0.2) is 0 Å². The van der Waals surface area contributed by atoms with Crippen molar-refractivity contribution in [3.8, 4) is 0 Å². The quantitative estimate of drug-likeness (QED) is 0.539. The maximum Gasteiger partial charge on any atom is -0.0320 e. The standard InChI is InChI=1S/C15H28/c1-10-7-11-12(8-10)15(5,6)9-13(11)14(2,3)4/h10-13H,7-9H2,1-6H3. The lowest BCUT2D eigenvalue weighted by Gasteiger charge is -2.32. The third-order valence-electron chi connectivity index (χ3n) is 5.23. The summed E-state index contributed by atoms with van der Waals surface area (Å²) in [6.45, 7) is 14.8. The molecule has 0 aromatic heterocycles. The zero-order valence-corrected chi connectivity index (χ0v) is 11.4. The molecular formula is C15H28. The van der Waals surface area contributed by atoms with Crippen LogP contribution >= 0.6 is 0 Å². The van der Waals surface area contributed by atoms with Crippen molar-refractivity contribution >= 4 is 0 Å². The fourth-order valence-corrected chi connectivity index (χ4v) is 4.49. The van der Waals surface area contributed by atoms with Gasteiger partial charge in [0.05, 0.1) is 0 Å². The van der Waals surface area contributed by atoms with Crippen LogP contribution in [0, 0.1) is 34.5 Å². The number of hydrogen-bond acceptors (Lipinski definition) is 0. The van der Waals surface area contributed by atoms with Gasteiger partial charge in [-0.15, -0.1) is 0 Å². The first-order valence-corrected chi connectivity index (χ1v) is 6.72. The summed E-state index contributed by atoms with van der Waals surface area (Å²) in [4.78, 5) is 0. The van der Waals surface area contributed by atoms with Crippen LogP contribution in [0.3, 0.4) is 0 Å². The lowest BCUT2D eigenvalue weighted by molar-refractivity contribution is 0.172. The molecule has 0 heteroatoms. The lowest BCUT2D eigenvalue weighted by Crippen LogP contribution is -2.24. The van der Waals surface area contributed by atoms with E-state index >= 15 is 0 Å². The third kappa shape index (κ3) is 1.85. The highest BCUT2D eigenvalue weighted by Gasteiger charge is 2.54. The highest BCUT2D eigenvalue weighted by atomic mass is 14.6. The molecule has 0 aromatic rings. The van der Waals surface area contributed by atoms with Crippen LogP contribution < -0.4 is 0 Å². The van der Waals surface area contributed by atoms with E-state index in [-0.39, 0.29) is 0 Å². The molecule has 88 valence electrons. The molecular weight excluding hydrogens is 180 g/mol. The van der Waals surface area contributed by atoms with E-state index in [1.165, 1.54) is 19.3 Å². The van der Waals surface area contributed by atoms with E-state index in [1.54, 1.807) is 0 Å². The summed E-state index contributed by atoms with van der Waals surface area (Å²) in [5, 5.41) is 0. The van der Waals surface area contributed by atoms with Crippen LogP contribution in [-0.2, 0) is 0 Å². The SMILES string of the molecule is CC1CC2C(C(C)(C)C)CC(C)(C)C2C1. The summed E-state index contributed by atoms with van der Waals surface area (Å²) in [5.74, 6) is 3.97. The van der Waals surface area contributed by atoms with E-state index in [2.05, 4.69) is 41.5 Å². The molecule has 0 bridgehead atoms. The summed E-state index contributed by atoms with van der Waals surface area (Å²) < 4.78 is 0. The molecule has 2 aliphatic carbocycles. The second kappa shape index (κ2) is 3.25. The molecule has 0 radical (unpaired) electrons. The Balaban J connectivity index is 2.24. The monoisotopic (exact) mass is 208 g/mol. The van der Waals surface area contributed by atoms with Gasteiger partial charge in [-0.2, -0.15) is 0 Å². The van der Waals surface area contributed by atoms with E-state index < -0.39 is 0 Å². The van der Waals surface area contributed by atoms with Gasteiger partial charge in [0, 0.05) is 0 Å². The molecule has 0 N–H and O–H groups in total. The van der Waals surface area contributed by atoms with Gasteiger partial charge < -0.3 is 0 Å². The van der Waals surface area contributed by atoms with E-state index in [0.29, 0.717) is 10.8 Å². The minimum absolute atomic E-state index is 0.515. The Morgan fingerprint density at radius 2 is 1.67 bits per heavy atom. The first-order chi connectivity index (χ1) is 6.72. The molecule has 0 amide bonds. The van der Waals surface area contributed by atoms with E-state index in [9.17, 15) is 0 Å². The molecule has 0 saturated heterocycles. The van der Waals surface area contributed by atoms with Gasteiger partial charge >= 0.3 is 0 Å². The molecule has 2 aliphatic rings. The molecule has 4 unspecified atom stereocenters. The molecule has 0 heterocycles. The van der Waals surface area contributed by atoms with E-state index in [0.717, 1.165) is 23.7 Å². The maximum absolute atomic E-state index is 2.51. The van der Waals surface area contributed by atoms with Crippen LogP contribution in [0.2, 0.25) is 0 Å². The first kappa shape index (κ1) is 11.5. The van der Waals surface area contributed by atoms with Crippen molar-refractivity contribution in [3.05, 3.63) is 0 Å². The predicted octanol–water partition coefficient (Wildman–Crippen LogP) is 4.74. The van der Waals surface area contributed by atoms with Crippen molar-refractivity contribution in [2.45, 2.75) is 60.8 Å². The summed E-state index contributed by atoms with van der Waals surface area (Å²) in [6.07, 6.45) is 4.44. The van der Waals surface area contributed by atoms with Gasteiger partial charge in [-0.1, -0.05) is 41.5 Å². The van der Waals surface area contributed by atoms with E-state index in [4.69, 9.17) is 0 Å². The molecule has 2 rings (SSSR count). The Morgan fingerprint density at radius 1 is 1.07 bits per heavy atom. The van der Waals surface area contributed by atoms with Gasteiger partial charge in [-0.25, -0.2) is 0 Å². The zero-order valence-electron chi connectivity index (χ0n) is 11.4. The lowest BCUT2D eigenvalue weighted by atomic mass is 9.73. The normalized spacial score (nSPS) is 44.4. The Labute approximate surface area is 95.8 Å². The average Bonchev–Trinajstić information content (AvgIpc) is 2.49. The number of rotatable bonds is 0. The fourth-order valence-electron chi connectivity index (χ4n) is 4.49. The molecule has 0 aromatic carbocycles. The van der Waals surface area contributed by atoms with Gasteiger partial charge in [-0.3, -0.25) is 0 Å². The Hall–Kier alpha value is 0. The van der Waals surface area contributed by atoms with Gasteiger partial charge in [0.2, 0.25) is 0 Å². The van der Waals surface area contributed by atoms with Gasteiger partial charge in [-0.05, 0) is 53.8 Å². The molecule has 4 atom stereocenters. The molecule has 2 saturated carbocycles.